The highest BCUT2D eigenvalue weighted by atomic mass is 32.2. The molecule has 4 aliphatic rings. The summed E-state index contributed by atoms with van der Waals surface area (Å²) >= 11 is 1.74. The molecule has 6 heterocycles. The molecular weight excluding hydrogens is 762 g/mol. The highest BCUT2D eigenvalue weighted by Gasteiger charge is 2.29. The maximum Gasteiger partial charge on any atom is 0.332 e. The zero-order valence-corrected chi connectivity index (χ0v) is 33.9. The van der Waals surface area contributed by atoms with E-state index in [0.29, 0.717) is 59.0 Å². The molecule has 0 saturated carbocycles. The topological polar surface area (TPSA) is 146 Å². The Labute approximate surface area is 341 Å². The van der Waals surface area contributed by atoms with Crippen LogP contribution in [0.15, 0.2) is 63.0 Å². The molecule has 1 amide bonds. The van der Waals surface area contributed by atoms with Gasteiger partial charge in [-0.25, -0.2) is 14.2 Å². The van der Waals surface area contributed by atoms with Crippen LogP contribution < -0.4 is 21.5 Å². The van der Waals surface area contributed by atoms with E-state index < -0.39 is 22.6 Å². The molecule has 2 N–H and O–H groups in total. The minimum Gasteiger partial charge on any atom is -0.493 e. The zero-order valence-electron chi connectivity index (χ0n) is 33.0. The number of rotatable bonds is 12. The fourth-order valence-corrected chi connectivity index (χ4v) is 10.0. The van der Waals surface area contributed by atoms with Gasteiger partial charge in [0.2, 0.25) is 5.91 Å². The normalized spacial score (nSPS) is 19.8. The minimum absolute atomic E-state index is 0.0437. The van der Waals surface area contributed by atoms with Gasteiger partial charge < -0.3 is 24.3 Å². The summed E-state index contributed by atoms with van der Waals surface area (Å²) < 4.78 is 28.0. The van der Waals surface area contributed by atoms with Crippen molar-refractivity contribution < 1.29 is 18.7 Å². The molecule has 15 heteroatoms. The molecule has 4 saturated heterocycles. The molecule has 4 aliphatic heterocycles. The van der Waals surface area contributed by atoms with E-state index in [1.165, 1.54) is 28.5 Å². The number of likely N-dealkylation sites (tertiary alicyclic amines) is 3. The number of hydrogen-bond donors (Lipinski definition) is 2. The summed E-state index contributed by atoms with van der Waals surface area (Å²) in [6, 6.07) is 12.4. The van der Waals surface area contributed by atoms with Gasteiger partial charge in [-0.15, -0.1) is 0 Å². The molecule has 0 spiro atoms. The Morgan fingerprint density at radius 3 is 2.28 bits per heavy atom. The number of halogens is 1. The van der Waals surface area contributed by atoms with Gasteiger partial charge in [0.1, 0.15) is 22.8 Å². The third-order valence-electron chi connectivity index (χ3n) is 12.5. The van der Waals surface area contributed by atoms with Crippen molar-refractivity contribution in [2.24, 2.45) is 11.8 Å². The van der Waals surface area contributed by atoms with E-state index >= 15 is 4.39 Å². The van der Waals surface area contributed by atoms with Crippen molar-refractivity contribution in [1.82, 2.24) is 34.2 Å². The van der Waals surface area contributed by atoms with E-state index in [-0.39, 0.29) is 11.3 Å². The van der Waals surface area contributed by atoms with Gasteiger partial charge in [-0.3, -0.25) is 28.8 Å². The highest BCUT2D eigenvalue weighted by Crippen LogP contribution is 2.31. The van der Waals surface area contributed by atoms with E-state index in [2.05, 4.69) is 36.9 Å². The Balaban J connectivity index is 0.727. The molecular formula is C43H54FN7O6S. The number of ether oxygens (including phenoxy) is 2. The zero-order chi connectivity index (χ0) is 40.0. The number of thioether (sulfide) groups is 1. The van der Waals surface area contributed by atoms with Crippen LogP contribution in [0.4, 0.5) is 4.39 Å². The van der Waals surface area contributed by atoms with Crippen LogP contribution in [-0.2, 0) is 15.3 Å². The lowest BCUT2D eigenvalue weighted by Crippen LogP contribution is -2.47. The van der Waals surface area contributed by atoms with E-state index in [1.807, 2.05) is 17.0 Å². The monoisotopic (exact) mass is 815 g/mol. The van der Waals surface area contributed by atoms with Gasteiger partial charge in [-0.2, -0.15) is 11.8 Å². The second-order valence-corrected chi connectivity index (χ2v) is 17.7. The maximum absolute atomic E-state index is 15.0. The van der Waals surface area contributed by atoms with E-state index in [1.54, 1.807) is 17.8 Å². The Hall–Kier alpha value is -4.31. The third kappa shape index (κ3) is 10.1. The van der Waals surface area contributed by atoms with Crippen molar-refractivity contribution in [2.75, 3.05) is 72.2 Å². The van der Waals surface area contributed by atoms with E-state index in [0.717, 1.165) is 116 Å². The number of nitrogens with one attached hydrogen (secondary N) is 2. The number of fused-ring (bicyclic) bond motifs is 1. The summed E-state index contributed by atoms with van der Waals surface area (Å²) in [7, 11) is 0. The second-order valence-electron chi connectivity index (χ2n) is 16.4. The van der Waals surface area contributed by atoms with E-state index in [4.69, 9.17) is 9.47 Å². The largest absolute Gasteiger partial charge is 0.493 e. The van der Waals surface area contributed by atoms with Gasteiger partial charge in [0, 0.05) is 62.5 Å². The highest BCUT2D eigenvalue weighted by molar-refractivity contribution is 7.99. The number of hydrogen-bond acceptors (Lipinski definition) is 10. The van der Waals surface area contributed by atoms with Gasteiger partial charge >= 0.3 is 5.69 Å². The molecule has 0 unspecified atom stereocenters. The molecule has 4 fully saturated rings. The van der Waals surface area contributed by atoms with Crippen LogP contribution in [0.3, 0.4) is 0 Å². The van der Waals surface area contributed by atoms with Crippen molar-refractivity contribution in [3.8, 4) is 11.4 Å². The number of aromatic nitrogens is 4. The summed E-state index contributed by atoms with van der Waals surface area (Å²) in [5.41, 5.74) is 1.02. The molecule has 310 valence electrons. The first-order chi connectivity index (χ1) is 28.2. The van der Waals surface area contributed by atoms with Gasteiger partial charge in [-0.05, 0) is 113 Å². The number of aromatic amines is 2. The number of amides is 1. The van der Waals surface area contributed by atoms with Gasteiger partial charge in [0.25, 0.3) is 11.1 Å². The second kappa shape index (κ2) is 18.7. The SMILES string of the molecule is O=C(CN1CCC(COc2cc(F)c3c(=O)[nH]c(CSC4CCOCC4)nc3c2)CC1)N1CCC(CN2CCC(c3ccc(-n4ccc(=O)[nH]c4=O)cc3)CC2)CC1. The Kier molecular flexibility index (Phi) is 13.1. The molecule has 0 atom stereocenters. The van der Waals surface area contributed by atoms with Crippen molar-refractivity contribution in [3.63, 3.8) is 0 Å². The molecule has 0 radical (unpaired) electrons. The Bertz CT molecular complexity index is 2200. The summed E-state index contributed by atoms with van der Waals surface area (Å²) in [4.78, 5) is 66.1. The molecule has 4 aromatic rings. The number of nitrogens with zero attached hydrogens (tertiary/aromatic N) is 5. The van der Waals surface area contributed by atoms with Gasteiger partial charge in [0.05, 0.1) is 30.1 Å². The first-order valence-corrected chi connectivity index (χ1v) is 22.0. The average Bonchev–Trinajstić information content (AvgIpc) is 3.23. The predicted molar refractivity (Wildman–Crippen MR) is 222 cm³/mol. The first-order valence-electron chi connectivity index (χ1n) is 20.9. The van der Waals surface area contributed by atoms with Crippen LogP contribution in [-0.4, -0.2) is 118 Å². The molecule has 2 aromatic carbocycles. The fourth-order valence-electron chi connectivity index (χ4n) is 8.96. The van der Waals surface area contributed by atoms with Gasteiger partial charge in [0.15, 0.2) is 0 Å². The quantitative estimate of drug-likeness (QED) is 0.210. The van der Waals surface area contributed by atoms with Crippen LogP contribution >= 0.6 is 11.8 Å². The van der Waals surface area contributed by atoms with E-state index in [9.17, 15) is 19.2 Å². The molecule has 58 heavy (non-hydrogen) atoms. The Morgan fingerprint density at radius 1 is 0.845 bits per heavy atom. The summed E-state index contributed by atoms with van der Waals surface area (Å²) in [6.45, 7) is 8.86. The number of carbonyl (C=O) groups is 1. The summed E-state index contributed by atoms with van der Waals surface area (Å²) in [6.07, 6.45) is 9.51. The molecule has 0 bridgehead atoms. The van der Waals surface area contributed by atoms with Crippen LogP contribution in [0.5, 0.6) is 5.75 Å². The summed E-state index contributed by atoms with van der Waals surface area (Å²) in [5, 5.41) is 0.417. The smallest absolute Gasteiger partial charge is 0.332 e. The predicted octanol–water partition coefficient (Wildman–Crippen LogP) is 4.52. The summed E-state index contributed by atoms with van der Waals surface area (Å²) in [5.74, 6) is 2.43. The van der Waals surface area contributed by atoms with Crippen molar-refractivity contribution in [2.45, 2.75) is 68.3 Å². The van der Waals surface area contributed by atoms with Crippen molar-refractivity contribution in [1.29, 1.82) is 0 Å². The molecule has 0 aliphatic carbocycles. The number of benzene rings is 2. The average molecular weight is 816 g/mol. The van der Waals surface area contributed by atoms with Crippen molar-refractivity contribution in [3.05, 3.63) is 97.1 Å². The minimum atomic E-state index is -0.631. The fraction of sp³-hybridized carbons (Fsp3) is 0.558. The molecule has 2 aromatic heterocycles. The van der Waals surface area contributed by atoms with Crippen molar-refractivity contribution >= 4 is 28.6 Å². The number of carbonyl (C=O) groups excluding carboxylic acids is 1. The molecule has 8 rings (SSSR count). The van der Waals surface area contributed by atoms with Crippen LogP contribution in [0.2, 0.25) is 0 Å². The lowest BCUT2D eigenvalue weighted by Gasteiger charge is -2.38. The number of H-pyrrole nitrogens is 2. The number of piperidine rings is 3. The lowest BCUT2D eigenvalue weighted by atomic mass is 9.88. The maximum atomic E-state index is 15.0. The first kappa shape index (κ1) is 40.5. The molecule has 13 nitrogen and oxygen atoms in total. The lowest BCUT2D eigenvalue weighted by molar-refractivity contribution is -0.134. The van der Waals surface area contributed by atoms with Gasteiger partial charge in [-0.1, -0.05) is 12.1 Å². The van der Waals surface area contributed by atoms with Crippen LogP contribution in [0.25, 0.3) is 16.6 Å². The third-order valence-corrected chi connectivity index (χ3v) is 13.9. The van der Waals surface area contributed by atoms with Crippen LogP contribution in [0, 0.1) is 17.7 Å². The standard InChI is InChI=1S/C43H54FN7O6S/c44-36-23-34(24-37-41(36)42(54)46-38(45-37)28-58-35-12-21-56-22-13-35)57-27-30-5-14-49(15-6-30)26-40(53)50-18-7-29(8-19-50)25-48-16-9-32(10-17-48)31-1-3-33(4-2-31)51-20-11-39(52)47-43(51)55/h1-4,11,20,23-24,29-30,32,35H,5-10,12-19,21-22,25-28H2,(H,45,46,54)(H,47,52,55). The Morgan fingerprint density at radius 2 is 1.55 bits per heavy atom. The van der Waals surface area contributed by atoms with Crippen LogP contribution in [0.1, 0.15) is 68.7 Å².